The molecule has 1 atom stereocenters. The van der Waals surface area contributed by atoms with E-state index in [1.54, 1.807) is 4.90 Å². The van der Waals surface area contributed by atoms with E-state index >= 15 is 0 Å². The van der Waals surface area contributed by atoms with Gasteiger partial charge in [0.2, 0.25) is 17.7 Å². The van der Waals surface area contributed by atoms with Gasteiger partial charge in [-0.2, -0.15) is 0 Å². The first-order valence-electron chi connectivity index (χ1n) is 12.9. The molecular weight excluding hydrogens is 446 g/mol. The van der Waals surface area contributed by atoms with Gasteiger partial charge in [0, 0.05) is 61.4 Å². The third-order valence-corrected chi connectivity index (χ3v) is 8.68. The first kappa shape index (κ1) is 22.5. The minimum atomic E-state index is -0.592. The molecule has 4 amide bonds. The number of rotatable bonds is 4. The summed E-state index contributed by atoms with van der Waals surface area (Å²) in [6.07, 6.45) is 5.07. The van der Waals surface area contributed by atoms with Gasteiger partial charge in [0.1, 0.15) is 6.04 Å². The van der Waals surface area contributed by atoms with Crippen molar-refractivity contribution in [3.05, 3.63) is 29.3 Å². The molecule has 5 aliphatic heterocycles. The highest BCUT2D eigenvalue weighted by Gasteiger charge is 2.47. The van der Waals surface area contributed by atoms with Crippen LogP contribution < -0.4 is 10.2 Å². The summed E-state index contributed by atoms with van der Waals surface area (Å²) in [6, 6.07) is 5.24. The molecule has 4 fully saturated rings. The first-order chi connectivity index (χ1) is 16.9. The molecule has 0 radical (unpaired) electrons. The summed E-state index contributed by atoms with van der Waals surface area (Å²) in [7, 11) is 0. The predicted octanol–water partition coefficient (Wildman–Crippen LogP) is 0.972. The molecule has 9 heteroatoms. The Bertz CT molecular complexity index is 1070. The number of anilines is 1. The molecule has 5 aliphatic rings. The number of likely N-dealkylation sites (tertiary alicyclic amines) is 2. The predicted molar refractivity (Wildman–Crippen MR) is 129 cm³/mol. The molecule has 1 aromatic rings. The molecule has 5 heterocycles. The van der Waals surface area contributed by atoms with Crippen LogP contribution in [0.25, 0.3) is 0 Å². The van der Waals surface area contributed by atoms with Crippen LogP contribution in [-0.4, -0.2) is 90.2 Å². The standard InChI is InChI=1S/C26H33N5O4/c32-22-7-6-21(24(34)27-22)31-14-19-18(25(31)35)4-3-5-20(19)30-16-26(17-30)8-12-29(13-9-26)23(33)15-28-10-1-2-11-28/h3-5,21H,1-2,6-17H2,(H,27,32,34). The topological polar surface area (TPSA) is 93.3 Å². The molecule has 6 rings (SSSR count). The molecular formula is C26H33N5O4. The number of amides is 4. The number of hydrogen-bond acceptors (Lipinski definition) is 6. The van der Waals surface area contributed by atoms with E-state index in [-0.39, 0.29) is 35.5 Å². The number of benzene rings is 1. The van der Waals surface area contributed by atoms with Crippen molar-refractivity contribution >= 4 is 29.3 Å². The van der Waals surface area contributed by atoms with E-state index < -0.39 is 6.04 Å². The zero-order valence-corrected chi connectivity index (χ0v) is 20.1. The van der Waals surface area contributed by atoms with Crippen LogP contribution in [0.1, 0.15) is 54.4 Å². The maximum absolute atomic E-state index is 13.1. The highest BCUT2D eigenvalue weighted by Crippen LogP contribution is 2.45. The van der Waals surface area contributed by atoms with Crippen LogP contribution in [0.2, 0.25) is 0 Å². The summed E-state index contributed by atoms with van der Waals surface area (Å²) < 4.78 is 0. The lowest BCUT2D eigenvalue weighted by atomic mass is 9.71. The number of fused-ring (bicyclic) bond motifs is 1. The Kier molecular flexibility index (Phi) is 5.55. The van der Waals surface area contributed by atoms with Crippen molar-refractivity contribution in [1.82, 2.24) is 20.0 Å². The van der Waals surface area contributed by atoms with E-state index in [9.17, 15) is 19.2 Å². The third-order valence-electron chi connectivity index (χ3n) is 8.68. The molecule has 1 N–H and O–H groups in total. The molecule has 1 unspecified atom stereocenters. The monoisotopic (exact) mass is 479 g/mol. The first-order valence-corrected chi connectivity index (χ1v) is 12.9. The van der Waals surface area contributed by atoms with Crippen LogP contribution in [0.15, 0.2) is 18.2 Å². The van der Waals surface area contributed by atoms with Crippen molar-refractivity contribution in [2.24, 2.45) is 5.41 Å². The fourth-order valence-corrected chi connectivity index (χ4v) is 6.58. The van der Waals surface area contributed by atoms with Gasteiger partial charge in [-0.05, 0) is 57.3 Å². The highest BCUT2D eigenvalue weighted by atomic mass is 16.2. The van der Waals surface area contributed by atoms with Gasteiger partial charge in [-0.25, -0.2) is 0 Å². The molecule has 35 heavy (non-hydrogen) atoms. The number of carbonyl (C=O) groups is 4. The van der Waals surface area contributed by atoms with Gasteiger partial charge in [0.15, 0.2) is 0 Å². The number of hydrogen-bond donors (Lipinski definition) is 1. The van der Waals surface area contributed by atoms with Crippen molar-refractivity contribution in [3.8, 4) is 0 Å². The summed E-state index contributed by atoms with van der Waals surface area (Å²) in [4.78, 5) is 58.0. The molecule has 1 aromatic carbocycles. The molecule has 186 valence electrons. The summed E-state index contributed by atoms with van der Waals surface area (Å²) in [5, 5.41) is 2.37. The van der Waals surface area contributed by atoms with E-state index in [0.717, 1.165) is 63.4 Å². The number of imide groups is 1. The quantitative estimate of drug-likeness (QED) is 0.647. The smallest absolute Gasteiger partial charge is 0.255 e. The Hall–Kier alpha value is -2.94. The zero-order chi connectivity index (χ0) is 24.2. The third kappa shape index (κ3) is 3.99. The van der Waals surface area contributed by atoms with Gasteiger partial charge in [-0.15, -0.1) is 0 Å². The molecule has 9 nitrogen and oxygen atoms in total. The zero-order valence-electron chi connectivity index (χ0n) is 20.1. The summed E-state index contributed by atoms with van der Waals surface area (Å²) in [6.45, 7) is 6.58. The van der Waals surface area contributed by atoms with E-state index in [2.05, 4.69) is 21.2 Å². The number of nitrogens with one attached hydrogen (secondary N) is 1. The molecule has 0 aromatic heterocycles. The lowest BCUT2D eigenvalue weighted by Gasteiger charge is -2.55. The van der Waals surface area contributed by atoms with Gasteiger partial charge < -0.3 is 14.7 Å². The van der Waals surface area contributed by atoms with Crippen molar-refractivity contribution in [1.29, 1.82) is 0 Å². The summed E-state index contributed by atoms with van der Waals surface area (Å²) in [5.74, 6) is -0.508. The van der Waals surface area contributed by atoms with Gasteiger partial charge in [-0.3, -0.25) is 29.4 Å². The fourth-order valence-electron chi connectivity index (χ4n) is 6.58. The van der Waals surface area contributed by atoms with Crippen molar-refractivity contribution in [3.63, 3.8) is 0 Å². The highest BCUT2D eigenvalue weighted by molar-refractivity contribution is 6.06. The van der Waals surface area contributed by atoms with Gasteiger partial charge in [0.05, 0.1) is 6.54 Å². The van der Waals surface area contributed by atoms with Crippen molar-refractivity contribution < 1.29 is 19.2 Å². The van der Waals surface area contributed by atoms with E-state index in [1.807, 2.05) is 17.0 Å². The second kappa shape index (κ2) is 8.62. The Morgan fingerprint density at radius 3 is 2.49 bits per heavy atom. The SMILES string of the molecule is O=C1CCC(N2Cc3c(cccc3N3CC4(CCN(C(=O)CN5CCCC5)CC4)C3)C2=O)C(=O)N1. The van der Waals surface area contributed by atoms with Crippen LogP contribution in [0.4, 0.5) is 5.69 Å². The van der Waals surface area contributed by atoms with E-state index in [0.29, 0.717) is 25.1 Å². The van der Waals surface area contributed by atoms with Crippen molar-refractivity contribution in [2.75, 3.05) is 50.7 Å². The van der Waals surface area contributed by atoms with Gasteiger partial charge >= 0.3 is 0 Å². The van der Waals surface area contributed by atoms with Crippen LogP contribution >= 0.6 is 0 Å². The summed E-state index contributed by atoms with van der Waals surface area (Å²) >= 11 is 0. The lowest BCUT2D eigenvalue weighted by Crippen LogP contribution is -2.61. The number of nitrogens with zero attached hydrogens (tertiary/aromatic N) is 4. The Morgan fingerprint density at radius 1 is 1.03 bits per heavy atom. The minimum Gasteiger partial charge on any atom is -0.370 e. The average molecular weight is 480 g/mol. The van der Waals surface area contributed by atoms with Gasteiger partial charge in [0.25, 0.3) is 5.91 Å². The van der Waals surface area contributed by atoms with Crippen LogP contribution in [0.5, 0.6) is 0 Å². The normalized spacial score (nSPS) is 26.2. The average Bonchev–Trinajstić information content (AvgIpc) is 3.45. The number of piperidine rings is 2. The van der Waals surface area contributed by atoms with Gasteiger partial charge in [-0.1, -0.05) is 6.07 Å². The van der Waals surface area contributed by atoms with Crippen LogP contribution in [0.3, 0.4) is 0 Å². The Balaban J connectivity index is 1.08. The number of carbonyl (C=O) groups excluding carboxylic acids is 4. The van der Waals surface area contributed by atoms with Crippen LogP contribution in [0, 0.1) is 5.41 Å². The van der Waals surface area contributed by atoms with Crippen LogP contribution in [-0.2, 0) is 20.9 Å². The second-order valence-electron chi connectivity index (χ2n) is 10.9. The largest absolute Gasteiger partial charge is 0.370 e. The second-order valence-corrected chi connectivity index (χ2v) is 10.9. The molecule has 4 saturated heterocycles. The maximum Gasteiger partial charge on any atom is 0.255 e. The van der Waals surface area contributed by atoms with Crippen molar-refractivity contribution in [2.45, 2.75) is 51.1 Å². The van der Waals surface area contributed by atoms with E-state index in [1.165, 1.54) is 12.8 Å². The molecule has 0 aliphatic carbocycles. The molecule has 1 spiro atoms. The van der Waals surface area contributed by atoms with E-state index in [4.69, 9.17) is 0 Å². The maximum atomic E-state index is 13.1. The summed E-state index contributed by atoms with van der Waals surface area (Å²) in [5.41, 5.74) is 2.95. The minimum absolute atomic E-state index is 0.128. The lowest BCUT2D eigenvalue weighted by molar-refractivity contribution is -0.137. The Labute approximate surface area is 205 Å². The molecule has 0 saturated carbocycles. The molecule has 0 bridgehead atoms. The fraction of sp³-hybridized carbons (Fsp3) is 0.615. The Morgan fingerprint density at radius 2 is 1.77 bits per heavy atom.